The first-order chi connectivity index (χ1) is 16.9. The Hall–Kier alpha value is -3.81. The van der Waals surface area contributed by atoms with Crippen molar-refractivity contribution in [3.05, 3.63) is 63.8 Å². The van der Waals surface area contributed by atoms with E-state index in [0.717, 1.165) is 16.7 Å². The quantitative estimate of drug-likeness (QED) is 0.563. The molecule has 3 aromatic rings. The van der Waals surface area contributed by atoms with Crippen molar-refractivity contribution in [3.63, 3.8) is 0 Å². The van der Waals surface area contributed by atoms with Crippen molar-refractivity contribution in [2.75, 3.05) is 25.1 Å². The lowest BCUT2D eigenvalue weighted by Gasteiger charge is -2.30. The predicted octanol–water partition coefficient (Wildman–Crippen LogP) is 3.56. The van der Waals surface area contributed by atoms with Crippen molar-refractivity contribution < 1.29 is 23.5 Å². The number of nitriles is 1. The molecule has 0 saturated heterocycles. The Kier molecular flexibility index (Phi) is 5.96. The minimum absolute atomic E-state index is 0.256. The molecule has 8 nitrogen and oxygen atoms in total. The summed E-state index contributed by atoms with van der Waals surface area (Å²) in [4.78, 5) is 29.4. The number of ether oxygens (including phenoxy) is 2. The molecule has 2 amide bonds. The third-order valence-electron chi connectivity index (χ3n) is 6.06. The Morgan fingerprint density at radius 2 is 2.14 bits per heavy atom. The van der Waals surface area contributed by atoms with E-state index >= 15 is 0 Å². The number of rotatable bonds is 5. The fraction of sp³-hybridized carbons (Fsp3) is 0.280. The zero-order valence-electron chi connectivity index (χ0n) is 18.8. The largest absolute Gasteiger partial charge is 0.490 e. The van der Waals surface area contributed by atoms with Crippen molar-refractivity contribution in [3.8, 4) is 23.1 Å². The van der Waals surface area contributed by atoms with E-state index in [1.807, 2.05) is 6.07 Å². The topological polar surface area (TPSA) is 113 Å². The van der Waals surface area contributed by atoms with Crippen LogP contribution in [0.2, 0.25) is 0 Å². The van der Waals surface area contributed by atoms with Gasteiger partial charge >= 0.3 is 0 Å². The van der Waals surface area contributed by atoms with E-state index in [9.17, 15) is 19.2 Å². The number of benzene rings is 2. The van der Waals surface area contributed by atoms with Gasteiger partial charge in [-0.15, -0.1) is 11.3 Å². The number of thiazole rings is 1. The Balaban J connectivity index is 1.21. The summed E-state index contributed by atoms with van der Waals surface area (Å²) < 4.78 is 25.0. The van der Waals surface area contributed by atoms with E-state index in [-0.39, 0.29) is 18.9 Å². The highest BCUT2D eigenvalue weighted by atomic mass is 32.1. The second-order valence-electron chi connectivity index (χ2n) is 8.62. The zero-order valence-corrected chi connectivity index (χ0v) is 19.6. The van der Waals surface area contributed by atoms with Gasteiger partial charge in [0.25, 0.3) is 5.91 Å². The molecule has 178 valence electrons. The third kappa shape index (κ3) is 4.48. The van der Waals surface area contributed by atoms with Gasteiger partial charge in [-0.25, -0.2) is 9.37 Å². The average molecular weight is 493 g/mol. The first-order valence-electron chi connectivity index (χ1n) is 11.0. The van der Waals surface area contributed by atoms with Gasteiger partial charge in [-0.2, -0.15) is 5.26 Å². The summed E-state index contributed by atoms with van der Waals surface area (Å²) in [7, 11) is 0. The van der Waals surface area contributed by atoms with Crippen molar-refractivity contribution in [2.45, 2.75) is 25.4 Å². The van der Waals surface area contributed by atoms with E-state index in [4.69, 9.17) is 9.47 Å². The Morgan fingerprint density at radius 3 is 2.97 bits per heavy atom. The number of nitrogens with one attached hydrogen (secondary N) is 2. The van der Waals surface area contributed by atoms with E-state index in [0.29, 0.717) is 41.6 Å². The van der Waals surface area contributed by atoms with Gasteiger partial charge in [0.1, 0.15) is 5.41 Å². The van der Waals surface area contributed by atoms with Crippen LogP contribution >= 0.6 is 11.3 Å². The Morgan fingerprint density at radius 1 is 1.29 bits per heavy atom. The van der Waals surface area contributed by atoms with Crippen LogP contribution in [0.3, 0.4) is 0 Å². The van der Waals surface area contributed by atoms with E-state index in [1.54, 1.807) is 30.5 Å². The third-order valence-corrected chi connectivity index (χ3v) is 6.81. The van der Waals surface area contributed by atoms with Gasteiger partial charge in [0.15, 0.2) is 16.7 Å². The summed E-state index contributed by atoms with van der Waals surface area (Å²) in [6.45, 7) is 2.61. The van der Waals surface area contributed by atoms with Crippen molar-refractivity contribution in [1.29, 1.82) is 5.26 Å². The van der Waals surface area contributed by atoms with Crippen LogP contribution in [0.1, 0.15) is 34.0 Å². The number of carbonyl (C=O) groups is 2. The molecule has 2 aliphatic rings. The molecule has 35 heavy (non-hydrogen) atoms. The summed E-state index contributed by atoms with van der Waals surface area (Å²) in [6.07, 6.45) is 0.640. The van der Waals surface area contributed by atoms with Gasteiger partial charge in [-0.3, -0.25) is 9.59 Å². The molecular weight excluding hydrogens is 471 g/mol. The van der Waals surface area contributed by atoms with E-state index in [1.165, 1.54) is 17.4 Å². The maximum absolute atomic E-state index is 14.2. The first kappa shape index (κ1) is 23.0. The molecular formula is C25H21FN4O4S. The average Bonchev–Trinajstić information content (AvgIpc) is 3.52. The van der Waals surface area contributed by atoms with E-state index < -0.39 is 23.0 Å². The number of amides is 2. The predicted molar refractivity (Wildman–Crippen MR) is 127 cm³/mol. The van der Waals surface area contributed by atoms with Gasteiger partial charge in [-0.05, 0) is 42.3 Å². The maximum Gasteiger partial charge on any atom is 0.251 e. The second-order valence-corrected chi connectivity index (χ2v) is 9.48. The van der Waals surface area contributed by atoms with Crippen LogP contribution in [0.25, 0.3) is 11.3 Å². The lowest BCUT2D eigenvalue weighted by atomic mass is 9.79. The standard InChI is InChI=1S/C25H21FN4O4S/c1-25(12-27)13-33-10-16-3-2-15(7-18(16)25)23(32)28-9-21(31)30-24-29-20(11-35-24)17-6-14-4-5-34-22(14)19(26)8-17/h2-3,6-8,11H,4-5,9-10,13H2,1H3,(H,28,32)(H,29,30,31)/t25-/m1/s1. The van der Waals surface area contributed by atoms with Gasteiger partial charge in [-0.1, -0.05) is 6.07 Å². The zero-order chi connectivity index (χ0) is 24.6. The number of halogens is 1. The molecule has 0 saturated carbocycles. The molecule has 0 aliphatic carbocycles. The molecule has 3 heterocycles. The molecule has 1 aromatic heterocycles. The van der Waals surface area contributed by atoms with Gasteiger partial charge in [0.05, 0.1) is 38.1 Å². The normalized spacial score (nSPS) is 18.1. The highest BCUT2D eigenvalue weighted by molar-refractivity contribution is 7.14. The number of hydrogen-bond acceptors (Lipinski definition) is 7. The smallest absolute Gasteiger partial charge is 0.251 e. The monoisotopic (exact) mass is 492 g/mol. The highest BCUT2D eigenvalue weighted by Gasteiger charge is 2.33. The molecule has 10 heteroatoms. The van der Waals surface area contributed by atoms with Crippen LogP contribution in [-0.4, -0.2) is 36.6 Å². The fourth-order valence-electron chi connectivity index (χ4n) is 4.19. The van der Waals surface area contributed by atoms with Crippen LogP contribution in [0.4, 0.5) is 9.52 Å². The van der Waals surface area contributed by atoms with Crippen molar-refractivity contribution in [1.82, 2.24) is 10.3 Å². The Labute approximate surface area is 204 Å². The molecule has 0 bridgehead atoms. The number of nitrogens with zero attached hydrogens (tertiary/aromatic N) is 2. The van der Waals surface area contributed by atoms with Crippen LogP contribution in [-0.2, 0) is 28.0 Å². The van der Waals surface area contributed by atoms with Crippen molar-refractivity contribution >= 4 is 28.3 Å². The molecule has 1 atom stereocenters. The van der Waals surface area contributed by atoms with E-state index in [2.05, 4.69) is 21.7 Å². The fourth-order valence-corrected chi connectivity index (χ4v) is 4.93. The minimum atomic E-state index is -0.835. The summed E-state index contributed by atoms with van der Waals surface area (Å²) in [5.74, 6) is -1.01. The van der Waals surface area contributed by atoms with Crippen molar-refractivity contribution in [2.24, 2.45) is 0 Å². The maximum atomic E-state index is 14.2. The first-order valence-corrected chi connectivity index (χ1v) is 11.9. The molecule has 0 radical (unpaired) electrons. The molecule has 0 unspecified atom stereocenters. The molecule has 5 rings (SSSR count). The summed E-state index contributed by atoms with van der Waals surface area (Å²) in [6, 6.07) is 10.6. The number of aromatic nitrogens is 1. The van der Waals surface area contributed by atoms with Crippen LogP contribution < -0.4 is 15.4 Å². The van der Waals surface area contributed by atoms with Crippen LogP contribution in [0.15, 0.2) is 35.7 Å². The number of carbonyl (C=O) groups excluding carboxylic acids is 2. The van der Waals surface area contributed by atoms with Crippen LogP contribution in [0, 0.1) is 17.1 Å². The van der Waals surface area contributed by atoms with Gasteiger partial charge in [0.2, 0.25) is 5.91 Å². The molecule has 2 N–H and O–H groups in total. The van der Waals surface area contributed by atoms with Gasteiger partial charge < -0.3 is 20.1 Å². The summed E-state index contributed by atoms with van der Waals surface area (Å²) in [5.41, 5.74) is 3.10. The van der Waals surface area contributed by atoms with Crippen LogP contribution in [0.5, 0.6) is 5.75 Å². The van der Waals surface area contributed by atoms with Gasteiger partial charge in [0, 0.05) is 28.5 Å². The molecule has 2 aliphatic heterocycles. The SMILES string of the molecule is C[C@@]1(C#N)COCc2ccc(C(=O)NCC(=O)Nc3nc(-c4cc(F)c5c(c4)CCO5)cs3)cc21. The molecule has 2 aromatic carbocycles. The Bertz CT molecular complexity index is 1380. The number of anilines is 1. The summed E-state index contributed by atoms with van der Waals surface area (Å²) >= 11 is 1.21. The summed E-state index contributed by atoms with van der Waals surface area (Å²) in [5, 5.41) is 16.9. The number of hydrogen-bond donors (Lipinski definition) is 2. The molecule has 0 spiro atoms. The lowest BCUT2D eigenvalue weighted by Crippen LogP contribution is -2.34. The molecule has 0 fully saturated rings. The lowest BCUT2D eigenvalue weighted by molar-refractivity contribution is -0.115. The second kappa shape index (κ2) is 9.09. The number of fused-ring (bicyclic) bond motifs is 2. The highest BCUT2D eigenvalue weighted by Crippen LogP contribution is 2.35. The minimum Gasteiger partial charge on any atom is -0.490 e.